The summed E-state index contributed by atoms with van der Waals surface area (Å²) >= 11 is 0. The second-order valence-corrected chi connectivity index (χ2v) is 5.81. The molecule has 0 aliphatic heterocycles. The average molecular weight is 238 g/mol. The van der Waals surface area contributed by atoms with E-state index in [4.69, 9.17) is 5.73 Å². The summed E-state index contributed by atoms with van der Waals surface area (Å²) in [6.45, 7) is 2.21. The number of amides is 1. The van der Waals surface area contributed by atoms with E-state index in [2.05, 4.69) is 12.2 Å². The predicted molar refractivity (Wildman–Crippen MR) is 69.5 cm³/mol. The maximum atomic E-state index is 12.2. The third kappa shape index (κ3) is 3.44. The van der Waals surface area contributed by atoms with Crippen molar-refractivity contribution in [3.8, 4) is 0 Å². The molecule has 2 aliphatic rings. The van der Waals surface area contributed by atoms with E-state index < -0.39 is 0 Å². The zero-order valence-corrected chi connectivity index (χ0v) is 11.0. The van der Waals surface area contributed by atoms with E-state index in [9.17, 15) is 4.79 Å². The topological polar surface area (TPSA) is 55.1 Å². The molecule has 2 rings (SSSR count). The van der Waals surface area contributed by atoms with E-state index in [0.717, 1.165) is 25.2 Å². The van der Waals surface area contributed by atoms with Crippen LogP contribution in [0.25, 0.3) is 0 Å². The lowest BCUT2D eigenvalue weighted by atomic mass is 9.94. The van der Waals surface area contributed by atoms with E-state index in [1.165, 1.54) is 32.1 Å². The number of carbonyl (C=O) groups is 1. The number of hydrogen-bond donors (Lipinski definition) is 2. The van der Waals surface area contributed by atoms with Gasteiger partial charge in [0.25, 0.3) is 0 Å². The normalized spacial score (nSPS) is 37.3. The summed E-state index contributed by atoms with van der Waals surface area (Å²) in [7, 11) is 0. The second kappa shape index (κ2) is 5.85. The maximum absolute atomic E-state index is 12.2. The number of rotatable bonds is 4. The maximum Gasteiger partial charge on any atom is 0.224 e. The first-order chi connectivity index (χ1) is 8.22. The number of carbonyl (C=O) groups excluding carboxylic acids is 1. The molecule has 1 amide bonds. The lowest BCUT2D eigenvalue weighted by Gasteiger charge is -2.20. The minimum absolute atomic E-state index is 0.0698. The van der Waals surface area contributed by atoms with Crippen molar-refractivity contribution in [3.05, 3.63) is 0 Å². The average Bonchev–Trinajstić information content (AvgIpc) is 3.04. The molecule has 0 aromatic rings. The Kier molecular flexibility index (Phi) is 4.43. The summed E-state index contributed by atoms with van der Waals surface area (Å²) in [4.78, 5) is 12.2. The van der Waals surface area contributed by atoms with Crippen LogP contribution in [0.3, 0.4) is 0 Å². The SMILES string of the molecule is CCCC1CC1NC(=O)C1CCCCCC1N. The van der Waals surface area contributed by atoms with Crippen LogP contribution in [-0.2, 0) is 4.79 Å². The highest BCUT2D eigenvalue weighted by Crippen LogP contribution is 2.35. The fourth-order valence-electron chi connectivity index (χ4n) is 3.07. The monoisotopic (exact) mass is 238 g/mol. The highest BCUT2D eigenvalue weighted by atomic mass is 16.2. The summed E-state index contributed by atoms with van der Waals surface area (Å²) < 4.78 is 0. The fraction of sp³-hybridized carbons (Fsp3) is 0.929. The van der Waals surface area contributed by atoms with Crippen LogP contribution in [0.1, 0.15) is 58.3 Å². The van der Waals surface area contributed by atoms with Crippen molar-refractivity contribution in [1.82, 2.24) is 5.32 Å². The molecule has 0 spiro atoms. The van der Waals surface area contributed by atoms with Gasteiger partial charge in [0.05, 0.1) is 5.92 Å². The number of nitrogens with one attached hydrogen (secondary N) is 1. The fourth-order valence-corrected chi connectivity index (χ4v) is 3.07. The highest BCUT2D eigenvalue weighted by Gasteiger charge is 2.39. The lowest BCUT2D eigenvalue weighted by Crippen LogP contribution is -2.42. The largest absolute Gasteiger partial charge is 0.353 e. The smallest absolute Gasteiger partial charge is 0.224 e. The van der Waals surface area contributed by atoms with Crippen LogP contribution in [0.4, 0.5) is 0 Å². The van der Waals surface area contributed by atoms with Crippen LogP contribution in [-0.4, -0.2) is 18.0 Å². The Morgan fingerprint density at radius 3 is 2.82 bits per heavy atom. The summed E-state index contributed by atoms with van der Waals surface area (Å²) in [5.74, 6) is 1.04. The Morgan fingerprint density at radius 1 is 1.29 bits per heavy atom. The van der Waals surface area contributed by atoms with Crippen LogP contribution in [0.15, 0.2) is 0 Å². The molecule has 3 N–H and O–H groups in total. The third-order valence-corrected chi connectivity index (χ3v) is 4.32. The van der Waals surface area contributed by atoms with Gasteiger partial charge in [0, 0.05) is 12.1 Å². The second-order valence-electron chi connectivity index (χ2n) is 5.81. The summed E-state index contributed by atoms with van der Waals surface area (Å²) in [5.41, 5.74) is 6.11. The molecule has 3 nitrogen and oxygen atoms in total. The molecule has 2 saturated carbocycles. The summed E-state index contributed by atoms with van der Waals surface area (Å²) in [6, 6.07) is 0.541. The third-order valence-electron chi connectivity index (χ3n) is 4.32. The lowest BCUT2D eigenvalue weighted by molar-refractivity contribution is -0.126. The van der Waals surface area contributed by atoms with Crippen LogP contribution in [0.2, 0.25) is 0 Å². The molecule has 98 valence electrons. The van der Waals surface area contributed by atoms with Gasteiger partial charge in [-0.2, -0.15) is 0 Å². The van der Waals surface area contributed by atoms with Gasteiger partial charge in [-0.15, -0.1) is 0 Å². The molecule has 0 bridgehead atoms. The molecule has 3 heteroatoms. The first kappa shape index (κ1) is 12.9. The van der Waals surface area contributed by atoms with Gasteiger partial charge in [-0.3, -0.25) is 4.79 Å². The van der Waals surface area contributed by atoms with Crippen LogP contribution in [0.5, 0.6) is 0 Å². The molecule has 2 aliphatic carbocycles. The van der Waals surface area contributed by atoms with E-state index in [0.29, 0.717) is 6.04 Å². The van der Waals surface area contributed by atoms with Crippen molar-refractivity contribution in [3.63, 3.8) is 0 Å². The van der Waals surface area contributed by atoms with Crippen molar-refractivity contribution in [2.75, 3.05) is 0 Å². The van der Waals surface area contributed by atoms with Gasteiger partial charge in [-0.05, 0) is 31.6 Å². The van der Waals surface area contributed by atoms with Crippen molar-refractivity contribution in [1.29, 1.82) is 0 Å². The van der Waals surface area contributed by atoms with Crippen LogP contribution in [0, 0.1) is 11.8 Å². The molecule has 0 heterocycles. The van der Waals surface area contributed by atoms with Crippen molar-refractivity contribution in [2.24, 2.45) is 17.6 Å². The van der Waals surface area contributed by atoms with Gasteiger partial charge >= 0.3 is 0 Å². The number of hydrogen-bond acceptors (Lipinski definition) is 2. The first-order valence-corrected chi connectivity index (χ1v) is 7.28. The molecule has 4 unspecified atom stereocenters. The van der Waals surface area contributed by atoms with Gasteiger partial charge in [0.1, 0.15) is 0 Å². The Bertz CT molecular complexity index is 267. The standard InChI is InChI=1S/C14H26N2O/c1-2-6-10-9-13(10)16-14(17)11-7-4-3-5-8-12(11)15/h10-13H,2-9,15H2,1H3,(H,16,17). The van der Waals surface area contributed by atoms with Crippen LogP contribution >= 0.6 is 0 Å². The van der Waals surface area contributed by atoms with E-state index in [1.54, 1.807) is 0 Å². The minimum atomic E-state index is 0.0698. The van der Waals surface area contributed by atoms with E-state index in [1.807, 2.05) is 0 Å². The van der Waals surface area contributed by atoms with Crippen molar-refractivity contribution >= 4 is 5.91 Å². The molecular weight excluding hydrogens is 212 g/mol. The first-order valence-electron chi connectivity index (χ1n) is 7.28. The molecule has 0 aromatic heterocycles. The Labute approximate surface area is 105 Å². The molecule has 0 radical (unpaired) electrons. The Hall–Kier alpha value is -0.570. The van der Waals surface area contributed by atoms with Gasteiger partial charge in [-0.1, -0.05) is 32.6 Å². The molecule has 17 heavy (non-hydrogen) atoms. The van der Waals surface area contributed by atoms with Gasteiger partial charge in [-0.25, -0.2) is 0 Å². The van der Waals surface area contributed by atoms with Crippen molar-refractivity contribution in [2.45, 2.75) is 70.4 Å². The summed E-state index contributed by atoms with van der Waals surface area (Å²) in [6.07, 6.45) is 9.24. The quantitative estimate of drug-likeness (QED) is 0.738. The summed E-state index contributed by atoms with van der Waals surface area (Å²) in [5, 5.41) is 3.20. The minimum Gasteiger partial charge on any atom is -0.353 e. The van der Waals surface area contributed by atoms with Gasteiger partial charge < -0.3 is 11.1 Å². The van der Waals surface area contributed by atoms with Gasteiger partial charge in [0.15, 0.2) is 0 Å². The van der Waals surface area contributed by atoms with Crippen molar-refractivity contribution < 1.29 is 4.79 Å². The molecule has 2 fully saturated rings. The zero-order valence-electron chi connectivity index (χ0n) is 11.0. The molecular formula is C14H26N2O. The highest BCUT2D eigenvalue weighted by molar-refractivity contribution is 5.80. The van der Waals surface area contributed by atoms with Gasteiger partial charge in [0.2, 0.25) is 5.91 Å². The Morgan fingerprint density at radius 2 is 2.06 bits per heavy atom. The molecule has 0 aromatic carbocycles. The molecule has 4 atom stereocenters. The van der Waals surface area contributed by atoms with E-state index in [-0.39, 0.29) is 17.9 Å². The number of nitrogens with two attached hydrogens (primary N) is 1. The molecule has 0 saturated heterocycles. The van der Waals surface area contributed by atoms with E-state index >= 15 is 0 Å². The zero-order chi connectivity index (χ0) is 12.3. The predicted octanol–water partition coefficient (Wildman–Crippen LogP) is 2.20. The van der Waals surface area contributed by atoms with Crippen LogP contribution < -0.4 is 11.1 Å². The Balaban J connectivity index is 1.78.